The first-order valence-electron chi connectivity index (χ1n) is 37.0. The average molecular weight is 1620 g/mol. The highest BCUT2D eigenvalue weighted by Crippen LogP contribution is 2.30. The number of carbonyl (C=O) groups excluding carboxylic acids is 12. The van der Waals surface area contributed by atoms with Gasteiger partial charge in [-0.25, -0.2) is 9.78 Å². The number of H-pyrrole nitrogens is 1. The molecule has 3 saturated heterocycles. The fraction of sp³-hybridized carbons (Fsp3) is 0.459. The molecule has 0 radical (unpaired) electrons. The minimum Gasteiger partial charge on any atom is -0.481 e. The van der Waals surface area contributed by atoms with Crippen LogP contribution in [0.25, 0.3) is 21.5 Å². The fourth-order valence-corrected chi connectivity index (χ4v) is 15.8. The molecule has 5 aromatic rings. The molecule has 22 N–H and O–H groups in total. The zero-order chi connectivity index (χ0) is 82.7. The summed E-state index contributed by atoms with van der Waals surface area (Å²) in [6.07, 6.45) is -0.0101. The van der Waals surface area contributed by atoms with Crippen LogP contribution in [0.3, 0.4) is 0 Å². The summed E-state index contributed by atoms with van der Waals surface area (Å²) in [5.74, 6) is -17.1. The predicted molar refractivity (Wildman–Crippen MR) is 418 cm³/mol. The van der Waals surface area contributed by atoms with Crippen molar-refractivity contribution < 1.29 is 87.2 Å². The first kappa shape index (κ1) is 87.5. The summed E-state index contributed by atoms with van der Waals surface area (Å²) in [6, 6.07) is 6.57. The van der Waals surface area contributed by atoms with Crippen LogP contribution in [0, 0.1) is 10.8 Å². The van der Waals surface area contributed by atoms with Crippen molar-refractivity contribution in [2.45, 2.75) is 176 Å². The van der Waals surface area contributed by atoms with Crippen LogP contribution in [0.5, 0.6) is 0 Å². The molecule has 3 aliphatic heterocycles. The van der Waals surface area contributed by atoms with Gasteiger partial charge in [-0.2, -0.15) is 0 Å². The molecule has 3 fully saturated rings. The zero-order valence-electron chi connectivity index (χ0n) is 62.6. The van der Waals surface area contributed by atoms with Gasteiger partial charge in [0.15, 0.2) is 11.9 Å². The molecule has 1 aromatic heterocycles. The normalized spacial score (nSPS) is 22.4. The summed E-state index contributed by atoms with van der Waals surface area (Å²) in [5.41, 5.74) is 12.4. The molecule has 38 nitrogen and oxygen atoms in total. The number of aromatic amines is 1. The number of rotatable bonds is 27. The molecule has 4 aromatic carbocycles. The van der Waals surface area contributed by atoms with Crippen LogP contribution in [-0.4, -0.2) is 246 Å². The smallest absolute Gasteiger partial charge is 0.326 e. The Hall–Kier alpha value is -12.1. The minimum absolute atomic E-state index is 0.0104. The quantitative estimate of drug-likeness (QED) is 0.0117. The number of fused-ring (bicyclic) bond motifs is 2. The number of aliphatic carboxylic acids is 3. The van der Waals surface area contributed by atoms with E-state index in [1.165, 1.54) is 29.2 Å². The lowest BCUT2D eigenvalue weighted by atomic mass is 9.97. The highest BCUT2D eigenvalue weighted by Gasteiger charge is 2.45. The molecular weight excluding hydrogens is 1520 g/mol. The number of carbonyl (C=O) groups is 15. The number of carboxylic acid groups (broad SMARTS) is 3. The van der Waals surface area contributed by atoms with E-state index in [1.54, 1.807) is 54.6 Å². The number of nitrogens with zero attached hydrogens (tertiary/aromatic N) is 3. The maximum absolute atomic E-state index is 15.4. The molecule has 0 bridgehead atoms. The Kier molecular flexibility index (Phi) is 32.6. The number of guanidine groups is 2. The van der Waals surface area contributed by atoms with E-state index in [9.17, 15) is 63.3 Å². The van der Waals surface area contributed by atoms with Gasteiger partial charge in [0.05, 0.1) is 18.4 Å². The second-order valence-corrected chi connectivity index (χ2v) is 30.3. The summed E-state index contributed by atoms with van der Waals surface area (Å²) in [6.45, 7) is 2.36. The molecule has 0 unspecified atom stereocenters. The predicted octanol–water partition coefficient (Wildman–Crippen LogP) is -2.04. The number of nitrogens with one attached hydrogen (secondary N) is 15. The second kappa shape index (κ2) is 42.5. The van der Waals surface area contributed by atoms with Crippen LogP contribution in [0.1, 0.15) is 101 Å². The first-order valence-corrected chi connectivity index (χ1v) is 39.5. The molecule has 40 heteroatoms. The van der Waals surface area contributed by atoms with E-state index >= 15 is 24.0 Å². The number of aromatic nitrogens is 2. The maximum Gasteiger partial charge on any atom is 0.326 e. The van der Waals surface area contributed by atoms with Crippen LogP contribution in [0.15, 0.2) is 97.5 Å². The lowest BCUT2D eigenvalue weighted by Crippen LogP contribution is -2.61. The maximum atomic E-state index is 15.4. The van der Waals surface area contributed by atoms with Crippen molar-refractivity contribution in [3.8, 4) is 0 Å². The first-order chi connectivity index (χ1) is 54.4. The Morgan fingerprint density at radius 3 is 1.80 bits per heavy atom. The lowest BCUT2D eigenvalue weighted by Gasteiger charge is -2.33. The SMILES string of the molecule is CC(=O)N[C@H]1CSSC[C@@H](C(=O)N2CCC[C@H]2C(=O)N2CCC[C@H]2C(=O)N[C@@H](CCCNC(=N)N)C(=O)N[C@@H](CC(=O)O)C(=O)O)NC(=O)[C@H](C)NC(=O)[C@H](Cc2cccc3ccccc23)NC(=O)[C@H](CCCNC(=N)N)NC(=O)[C@@H](Cc2ccc3ccccc3c2)NC(=O)[C@H](Cc2c[nH]cn2)NC(=O)[C@H](CCC(=O)O)NC1=O. The highest BCUT2D eigenvalue weighted by molar-refractivity contribution is 8.76. The van der Waals surface area contributed by atoms with E-state index in [2.05, 4.69) is 73.8 Å². The van der Waals surface area contributed by atoms with E-state index < -0.39 is 192 Å². The standard InChI is InChI=1S/C74H96N20O18S2/c1-39-61(100)92-56(70(109)94-29-11-21-58(94)71(110)93-28-10-20-57(93)69(108)87-49(19-9-27-81-74(77)78)63(102)91-54(72(111)112)34-60(98)99)37-114-113-36-55(84-40(2)95)68(107)86-50(24-25-59(96)97)64(103)90-53(33-46-35-79-38-82-46)67(106)88-51(31-41-22-23-42-12-3-4-14-44(42)30-41)66(105)85-48(18-8-26-80-73(75)76)62(101)89-52(65(104)83-39)32-45-16-7-15-43-13-5-6-17-47(43)45/h3-7,12-17,22-23,30,35,38-39,48-58H,8-11,18-21,24-29,31-34,36-37H2,1-2H3,(H,79,82)(H,83,104)(H,84,95)(H,85,105)(H,86,107)(H,87,108)(H,88,106)(H,89,101)(H,90,103)(H,91,102)(H,92,100)(H,96,97)(H,98,99)(H,111,112)(H4,75,76,80)(H4,77,78,81)/t39-,48-,49-,50-,51+,52-,53-,54-,55-,56-,57-,58-/m0/s1. The van der Waals surface area contributed by atoms with Crippen molar-refractivity contribution in [1.29, 1.82) is 10.8 Å². The number of hydrogen-bond acceptors (Lipinski definition) is 20. The van der Waals surface area contributed by atoms with E-state index in [0.29, 0.717) is 16.5 Å². The average Bonchev–Trinajstić information content (AvgIpc) is 1.59. The summed E-state index contributed by atoms with van der Waals surface area (Å²) < 4.78 is 0. The number of hydrogen-bond donors (Lipinski definition) is 20. The van der Waals surface area contributed by atoms with E-state index in [0.717, 1.165) is 44.7 Å². The Bertz CT molecular complexity index is 4380. The highest BCUT2D eigenvalue weighted by atomic mass is 33.1. The molecule has 0 saturated carbocycles. The molecular formula is C74H96N20O18S2. The zero-order valence-corrected chi connectivity index (χ0v) is 64.2. The molecule has 8 rings (SSSR count). The van der Waals surface area contributed by atoms with Crippen LogP contribution in [0.4, 0.5) is 0 Å². The number of benzene rings is 4. The van der Waals surface area contributed by atoms with Gasteiger partial charge < -0.3 is 105 Å². The van der Waals surface area contributed by atoms with Gasteiger partial charge in [0, 0.05) is 76.5 Å². The third-order valence-corrected chi connectivity index (χ3v) is 21.6. The molecule has 12 amide bonds. The summed E-state index contributed by atoms with van der Waals surface area (Å²) in [5, 5.41) is 78.7. The molecule has 12 atom stereocenters. The van der Waals surface area contributed by atoms with E-state index in [1.807, 2.05) is 30.3 Å². The summed E-state index contributed by atoms with van der Waals surface area (Å²) in [4.78, 5) is 222. The van der Waals surface area contributed by atoms with Gasteiger partial charge in [-0.15, -0.1) is 0 Å². The number of carboxylic acids is 3. The summed E-state index contributed by atoms with van der Waals surface area (Å²) >= 11 is 0. The summed E-state index contributed by atoms with van der Waals surface area (Å²) in [7, 11) is 1.81. The fourth-order valence-electron chi connectivity index (χ4n) is 13.4. The van der Waals surface area contributed by atoms with Gasteiger partial charge in [0.25, 0.3) is 0 Å². The third-order valence-electron chi connectivity index (χ3n) is 19.2. The van der Waals surface area contributed by atoms with Crippen LogP contribution < -0.4 is 75.3 Å². The molecule has 0 aliphatic carbocycles. The Labute approximate surface area is 662 Å². The molecule has 612 valence electrons. The van der Waals surface area contributed by atoms with Crippen LogP contribution in [-0.2, 0) is 91.2 Å². The molecule has 3 aliphatic rings. The van der Waals surface area contributed by atoms with E-state index in [-0.39, 0.29) is 114 Å². The van der Waals surface area contributed by atoms with Gasteiger partial charge in [-0.05, 0) is 97.4 Å². The van der Waals surface area contributed by atoms with Crippen LogP contribution in [0.2, 0.25) is 0 Å². The Morgan fingerprint density at radius 2 is 1.16 bits per heavy atom. The van der Waals surface area contributed by atoms with Crippen LogP contribution >= 0.6 is 21.6 Å². The number of likely N-dealkylation sites (tertiary alicyclic amines) is 2. The number of nitrogens with two attached hydrogens (primary N) is 2. The third kappa shape index (κ3) is 26.0. The largest absolute Gasteiger partial charge is 0.481 e. The van der Waals surface area contributed by atoms with Gasteiger partial charge >= 0.3 is 17.9 Å². The van der Waals surface area contributed by atoms with Crippen molar-refractivity contribution in [1.82, 2.24) is 83.6 Å². The second-order valence-electron chi connectivity index (χ2n) is 27.7. The topological polar surface area (TPSA) is 596 Å². The molecule has 0 spiro atoms. The van der Waals surface area contributed by atoms with Gasteiger partial charge in [-0.1, -0.05) is 107 Å². The van der Waals surface area contributed by atoms with Crippen molar-refractivity contribution in [3.63, 3.8) is 0 Å². The van der Waals surface area contributed by atoms with Crippen molar-refractivity contribution in [2.24, 2.45) is 11.5 Å². The molecule has 114 heavy (non-hydrogen) atoms. The van der Waals surface area contributed by atoms with Crippen molar-refractivity contribution >= 4 is 144 Å². The Balaban J connectivity index is 1.15. The Morgan fingerprint density at radius 1 is 0.588 bits per heavy atom. The minimum atomic E-state index is -1.90. The van der Waals surface area contributed by atoms with Crippen molar-refractivity contribution in [3.05, 3.63) is 114 Å². The monoisotopic (exact) mass is 1620 g/mol. The number of imidazole rings is 1. The lowest BCUT2D eigenvalue weighted by molar-refractivity contribution is -0.148. The molecule has 4 heterocycles. The van der Waals surface area contributed by atoms with Gasteiger partial charge in [0.1, 0.15) is 72.5 Å². The number of amides is 12. The van der Waals surface area contributed by atoms with Gasteiger partial charge in [-0.3, -0.25) is 77.9 Å². The van der Waals surface area contributed by atoms with Gasteiger partial charge in [0.2, 0.25) is 70.9 Å². The van der Waals surface area contributed by atoms with Crippen molar-refractivity contribution in [2.75, 3.05) is 37.7 Å². The van der Waals surface area contributed by atoms with E-state index in [4.69, 9.17) is 22.3 Å².